The van der Waals surface area contributed by atoms with E-state index in [1.165, 1.54) is 19.4 Å². The van der Waals surface area contributed by atoms with Gasteiger partial charge in [-0.2, -0.15) is 0 Å². The van der Waals surface area contributed by atoms with Crippen LogP contribution in [0, 0.1) is 10.1 Å². The van der Waals surface area contributed by atoms with E-state index in [9.17, 15) is 10.1 Å². The molecular weight excluding hydrogens is 242 g/mol. The minimum atomic E-state index is -0.366. The molecule has 1 aromatic carbocycles. The number of likely N-dealkylation sites (tertiary alicyclic amines) is 1. The van der Waals surface area contributed by atoms with Gasteiger partial charge in [0, 0.05) is 31.3 Å². The molecular formula is C14H21N3O2. The quantitative estimate of drug-likeness (QED) is 0.631. The first-order valence-corrected chi connectivity index (χ1v) is 6.89. The van der Waals surface area contributed by atoms with E-state index in [2.05, 4.69) is 17.1 Å². The van der Waals surface area contributed by atoms with E-state index >= 15 is 0 Å². The van der Waals surface area contributed by atoms with Crippen molar-refractivity contribution < 1.29 is 4.92 Å². The first-order valence-electron chi connectivity index (χ1n) is 6.89. The van der Waals surface area contributed by atoms with E-state index < -0.39 is 0 Å². The highest BCUT2D eigenvalue weighted by Gasteiger charge is 2.21. The molecule has 0 radical (unpaired) electrons. The van der Waals surface area contributed by atoms with Crippen LogP contribution >= 0.6 is 0 Å². The van der Waals surface area contributed by atoms with Crippen LogP contribution in [0.25, 0.3) is 0 Å². The number of likely N-dealkylation sites (N-methyl/N-ethyl adjacent to an activating group) is 1. The fraction of sp³-hybridized carbons (Fsp3) is 0.571. The summed E-state index contributed by atoms with van der Waals surface area (Å²) in [6, 6.07) is 7.40. The Hall–Kier alpha value is -1.46. The van der Waals surface area contributed by atoms with E-state index in [0.29, 0.717) is 6.04 Å². The van der Waals surface area contributed by atoms with Gasteiger partial charge in [0.1, 0.15) is 0 Å². The van der Waals surface area contributed by atoms with Gasteiger partial charge in [-0.25, -0.2) is 0 Å². The van der Waals surface area contributed by atoms with Crippen molar-refractivity contribution in [1.29, 1.82) is 0 Å². The van der Waals surface area contributed by atoms with Crippen LogP contribution in [0.2, 0.25) is 0 Å². The minimum absolute atomic E-state index is 0.150. The number of nitro groups is 1. The SMILES string of the molecule is CCN1CCC[C@@H]1CNCc1ccc([N+](=O)[O-])cc1. The number of nitrogens with one attached hydrogen (secondary N) is 1. The molecule has 104 valence electrons. The Morgan fingerprint density at radius 1 is 1.42 bits per heavy atom. The summed E-state index contributed by atoms with van der Waals surface area (Å²) in [6.07, 6.45) is 2.55. The molecule has 0 aromatic heterocycles. The fourth-order valence-electron chi connectivity index (χ4n) is 2.66. The molecule has 0 unspecified atom stereocenters. The summed E-state index contributed by atoms with van der Waals surface area (Å²) >= 11 is 0. The Kier molecular flexibility index (Phi) is 4.87. The Balaban J connectivity index is 1.77. The van der Waals surface area contributed by atoms with E-state index in [0.717, 1.165) is 25.2 Å². The van der Waals surface area contributed by atoms with Crippen LogP contribution in [0.4, 0.5) is 5.69 Å². The zero-order valence-electron chi connectivity index (χ0n) is 11.3. The molecule has 5 heteroatoms. The summed E-state index contributed by atoms with van der Waals surface area (Å²) < 4.78 is 0. The van der Waals surface area contributed by atoms with Crippen molar-refractivity contribution in [2.75, 3.05) is 19.6 Å². The zero-order valence-corrected chi connectivity index (χ0v) is 11.3. The van der Waals surface area contributed by atoms with Gasteiger partial charge in [0.15, 0.2) is 0 Å². The van der Waals surface area contributed by atoms with Gasteiger partial charge in [-0.3, -0.25) is 15.0 Å². The van der Waals surface area contributed by atoms with E-state index in [1.807, 2.05) is 12.1 Å². The average Bonchev–Trinajstić information content (AvgIpc) is 2.87. The van der Waals surface area contributed by atoms with Crippen LogP contribution in [-0.4, -0.2) is 35.5 Å². The van der Waals surface area contributed by atoms with Gasteiger partial charge in [-0.1, -0.05) is 19.1 Å². The van der Waals surface area contributed by atoms with Crippen LogP contribution in [0.5, 0.6) is 0 Å². The number of nitro benzene ring substituents is 1. The first kappa shape index (κ1) is 14.0. The molecule has 19 heavy (non-hydrogen) atoms. The topological polar surface area (TPSA) is 58.4 Å². The number of rotatable bonds is 6. The number of hydrogen-bond acceptors (Lipinski definition) is 4. The van der Waals surface area contributed by atoms with Gasteiger partial charge >= 0.3 is 0 Å². The monoisotopic (exact) mass is 263 g/mol. The van der Waals surface area contributed by atoms with E-state index in [-0.39, 0.29) is 10.6 Å². The van der Waals surface area contributed by atoms with Gasteiger partial charge in [-0.05, 0) is 31.5 Å². The summed E-state index contributed by atoms with van der Waals surface area (Å²) in [7, 11) is 0. The predicted octanol–water partition coefficient (Wildman–Crippen LogP) is 2.17. The maximum atomic E-state index is 10.6. The third-order valence-corrected chi connectivity index (χ3v) is 3.76. The second-order valence-corrected chi connectivity index (χ2v) is 4.98. The van der Waals surface area contributed by atoms with Gasteiger partial charge in [-0.15, -0.1) is 0 Å². The van der Waals surface area contributed by atoms with Crippen molar-refractivity contribution >= 4 is 5.69 Å². The third kappa shape index (κ3) is 3.75. The number of benzene rings is 1. The lowest BCUT2D eigenvalue weighted by molar-refractivity contribution is -0.384. The number of hydrogen-bond donors (Lipinski definition) is 1. The largest absolute Gasteiger partial charge is 0.311 e. The number of nitrogens with zero attached hydrogens (tertiary/aromatic N) is 2. The molecule has 1 aliphatic heterocycles. The van der Waals surface area contributed by atoms with Crippen LogP contribution in [0.15, 0.2) is 24.3 Å². The van der Waals surface area contributed by atoms with Gasteiger partial charge < -0.3 is 5.32 Å². The summed E-state index contributed by atoms with van der Waals surface area (Å²) in [4.78, 5) is 12.7. The molecule has 0 saturated carbocycles. The Bertz CT molecular complexity index is 419. The highest BCUT2D eigenvalue weighted by Crippen LogP contribution is 2.16. The molecule has 1 saturated heterocycles. The lowest BCUT2D eigenvalue weighted by Crippen LogP contribution is -2.37. The van der Waals surface area contributed by atoms with E-state index in [1.54, 1.807) is 12.1 Å². The lowest BCUT2D eigenvalue weighted by atomic mass is 10.2. The molecule has 0 spiro atoms. The maximum Gasteiger partial charge on any atom is 0.269 e. The molecule has 1 atom stereocenters. The molecule has 1 heterocycles. The number of non-ortho nitro benzene ring substituents is 1. The van der Waals surface area contributed by atoms with Crippen LogP contribution < -0.4 is 5.32 Å². The summed E-state index contributed by atoms with van der Waals surface area (Å²) in [5, 5.41) is 14.0. The molecule has 1 N–H and O–H groups in total. The summed E-state index contributed by atoms with van der Waals surface area (Å²) in [5.74, 6) is 0. The third-order valence-electron chi connectivity index (χ3n) is 3.76. The highest BCUT2D eigenvalue weighted by atomic mass is 16.6. The second kappa shape index (κ2) is 6.63. The Labute approximate surface area is 113 Å². The molecule has 2 rings (SSSR count). The molecule has 0 aliphatic carbocycles. The fourth-order valence-corrected chi connectivity index (χ4v) is 2.66. The smallest absolute Gasteiger partial charge is 0.269 e. The predicted molar refractivity (Wildman–Crippen MR) is 75.1 cm³/mol. The summed E-state index contributed by atoms with van der Waals surface area (Å²) in [5.41, 5.74) is 1.24. The van der Waals surface area contributed by atoms with E-state index in [4.69, 9.17) is 0 Å². The molecule has 0 amide bonds. The standard InChI is InChI=1S/C14H21N3O2/c1-2-16-9-3-4-14(16)11-15-10-12-5-7-13(8-6-12)17(18)19/h5-8,14-15H,2-4,9-11H2,1H3/t14-/m1/s1. The van der Waals surface area contributed by atoms with Crippen molar-refractivity contribution in [2.45, 2.75) is 32.4 Å². The Morgan fingerprint density at radius 3 is 2.79 bits per heavy atom. The van der Waals surface area contributed by atoms with Crippen LogP contribution in [-0.2, 0) is 6.54 Å². The van der Waals surface area contributed by atoms with Crippen molar-refractivity contribution in [3.63, 3.8) is 0 Å². The highest BCUT2D eigenvalue weighted by molar-refractivity contribution is 5.32. The summed E-state index contributed by atoms with van der Waals surface area (Å²) in [6.45, 7) is 6.29. The zero-order chi connectivity index (χ0) is 13.7. The molecule has 1 aliphatic rings. The maximum absolute atomic E-state index is 10.6. The van der Waals surface area contributed by atoms with Crippen molar-refractivity contribution in [3.8, 4) is 0 Å². The van der Waals surface area contributed by atoms with Crippen LogP contribution in [0.3, 0.4) is 0 Å². The minimum Gasteiger partial charge on any atom is -0.311 e. The van der Waals surface area contributed by atoms with Gasteiger partial charge in [0.05, 0.1) is 4.92 Å². The van der Waals surface area contributed by atoms with Crippen molar-refractivity contribution in [1.82, 2.24) is 10.2 Å². The van der Waals surface area contributed by atoms with Crippen LogP contribution in [0.1, 0.15) is 25.3 Å². The Morgan fingerprint density at radius 2 is 2.16 bits per heavy atom. The van der Waals surface area contributed by atoms with Crippen molar-refractivity contribution in [3.05, 3.63) is 39.9 Å². The normalized spacial score (nSPS) is 19.7. The van der Waals surface area contributed by atoms with Gasteiger partial charge in [0.2, 0.25) is 0 Å². The van der Waals surface area contributed by atoms with Gasteiger partial charge in [0.25, 0.3) is 5.69 Å². The molecule has 1 fully saturated rings. The molecule has 1 aromatic rings. The first-order chi connectivity index (χ1) is 9.20. The molecule has 5 nitrogen and oxygen atoms in total. The molecule has 0 bridgehead atoms. The second-order valence-electron chi connectivity index (χ2n) is 4.98. The van der Waals surface area contributed by atoms with Crippen molar-refractivity contribution in [2.24, 2.45) is 0 Å². The average molecular weight is 263 g/mol. The lowest BCUT2D eigenvalue weighted by Gasteiger charge is -2.22.